The van der Waals surface area contributed by atoms with E-state index in [0.717, 1.165) is 12.3 Å². The van der Waals surface area contributed by atoms with E-state index < -0.39 is 0 Å². The number of aromatic nitrogens is 1. The molecular weight excluding hydrogens is 269 g/mol. The predicted octanol–water partition coefficient (Wildman–Crippen LogP) is 4.21. The van der Waals surface area contributed by atoms with E-state index >= 15 is 0 Å². The molecule has 0 aromatic carbocycles. The van der Waals surface area contributed by atoms with Crippen molar-refractivity contribution in [3.63, 3.8) is 0 Å². The first-order chi connectivity index (χ1) is 8.49. The van der Waals surface area contributed by atoms with Crippen molar-refractivity contribution in [2.75, 3.05) is 11.1 Å². The second-order valence-corrected chi connectivity index (χ2v) is 6.02. The molecule has 3 nitrogen and oxygen atoms in total. The lowest BCUT2D eigenvalue weighted by Crippen LogP contribution is -2.35. The lowest BCUT2D eigenvalue weighted by Gasteiger charge is -2.35. The first-order valence-corrected chi connectivity index (χ1v) is 7.12. The molecule has 1 fully saturated rings. The highest BCUT2D eigenvalue weighted by molar-refractivity contribution is 6.37. The van der Waals surface area contributed by atoms with Crippen LogP contribution in [-0.4, -0.2) is 11.0 Å². The Hall–Kier alpha value is -0.670. The van der Waals surface area contributed by atoms with Crippen LogP contribution in [0, 0.1) is 11.8 Å². The Morgan fingerprint density at radius 2 is 2.00 bits per heavy atom. The van der Waals surface area contributed by atoms with Gasteiger partial charge >= 0.3 is 0 Å². The van der Waals surface area contributed by atoms with Gasteiger partial charge in [-0.1, -0.05) is 49.9 Å². The summed E-state index contributed by atoms with van der Waals surface area (Å²) in [6.07, 6.45) is 3.68. The lowest BCUT2D eigenvalue weighted by molar-refractivity contribution is 0.253. The number of hydrogen-bond acceptors (Lipinski definition) is 3. The van der Waals surface area contributed by atoms with Crippen molar-refractivity contribution in [3.05, 3.63) is 16.1 Å². The highest BCUT2D eigenvalue weighted by Crippen LogP contribution is 2.34. The molecule has 0 radical (unpaired) electrons. The molecule has 1 aliphatic carbocycles. The van der Waals surface area contributed by atoms with Crippen molar-refractivity contribution >= 4 is 34.8 Å². The van der Waals surface area contributed by atoms with Crippen LogP contribution in [0.15, 0.2) is 6.07 Å². The SMILES string of the molecule is CC1CCCC(Nc2nc(N)c(Cl)cc2Cl)C1C. The first kappa shape index (κ1) is 13.8. The molecule has 100 valence electrons. The van der Waals surface area contributed by atoms with Gasteiger partial charge in [0.15, 0.2) is 0 Å². The van der Waals surface area contributed by atoms with Crippen molar-refractivity contribution in [3.8, 4) is 0 Å². The molecule has 1 aliphatic rings. The molecule has 0 bridgehead atoms. The number of nitrogens with two attached hydrogens (primary N) is 1. The van der Waals surface area contributed by atoms with E-state index in [1.807, 2.05) is 0 Å². The van der Waals surface area contributed by atoms with Crippen molar-refractivity contribution in [2.45, 2.75) is 39.2 Å². The molecule has 1 heterocycles. The quantitative estimate of drug-likeness (QED) is 0.857. The molecule has 1 saturated carbocycles. The normalized spacial score (nSPS) is 28.1. The second-order valence-electron chi connectivity index (χ2n) is 5.20. The zero-order valence-corrected chi connectivity index (χ0v) is 12.2. The van der Waals surface area contributed by atoms with Crippen LogP contribution >= 0.6 is 23.2 Å². The Balaban J connectivity index is 2.16. The van der Waals surface area contributed by atoms with Gasteiger partial charge in [0.05, 0.1) is 10.0 Å². The maximum atomic E-state index is 6.14. The summed E-state index contributed by atoms with van der Waals surface area (Å²) in [6.45, 7) is 4.57. The lowest BCUT2D eigenvalue weighted by atomic mass is 9.78. The molecule has 0 saturated heterocycles. The smallest absolute Gasteiger partial charge is 0.147 e. The number of nitrogen functional groups attached to an aromatic ring is 1. The topological polar surface area (TPSA) is 50.9 Å². The van der Waals surface area contributed by atoms with Crippen LogP contribution in [0.3, 0.4) is 0 Å². The predicted molar refractivity (Wildman–Crippen MR) is 78.3 cm³/mol. The molecule has 5 heteroatoms. The number of nitrogens with one attached hydrogen (secondary N) is 1. The first-order valence-electron chi connectivity index (χ1n) is 6.37. The summed E-state index contributed by atoms with van der Waals surface area (Å²) < 4.78 is 0. The van der Waals surface area contributed by atoms with Crippen molar-refractivity contribution in [2.24, 2.45) is 11.8 Å². The van der Waals surface area contributed by atoms with Crippen molar-refractivity contribution in [1.82, 2.24) is 4.98 Å². The van der Waals surface area contributed by atoms with Gasteiger partial charge in [-0.25, -0.2) is 4.98 Å². The van der Waals surface area contributed by atoms with Gasteiger partial charge in [0, 0.05) is 6.04 Å². The van der Waals surface area contributed by atoms with Crippen LogP contribution in [0.1, 0.15) is 33.1 Å². The third-order valence-electron chi connectivity index (χ3n) is 3.99. The summed E-state index contributed by atoms with van der Waals surface area (Å²) in [5.41, 5.74) is 5.71. The van der Waals surface area contributed by atoms with E-state index in [1.165, 1.54) is 12.8 Å². The fourth-order valence-electron chi connectivity index (χ4n) is 2.54. The van der Waals surface area contributed by atoms with Gasteiger partial charge in [0.1, 0.15) is 11.6 Å². The summed E-state index contributed by atoms with van der Waals surface area (Å²) in [7, 11) is 0. The summed E-state index contributed by atoms with van der Waals surface area (Å²) in [6, 6.07) is 2.05. The number of nitrogens with zero attached hydrogens (tertiary/aromatic N) is 1. The zero-order chi connectivity index (χ0) is 13.3. The van der Waals surface area contributed by atoms with Crippen molar-refractivity contribution < 1.29 is 0 Å². The van der Waals surface area contributed by atoms with Crippen LogP contribution < -0.4 is 11.1 Å². The number of halogens is 2. The fraction of sp³-hybridized carbons (Fsp3) is 0.615. The maximum absolute atomic E-state index is 6.14. The number of anilines is 2. The average molecular weight is 288 g/mol. The Bertz CT molecular complexity index is 436. The van der Waals surface area contributed by atoms with Crippen LogP contribution in [0.2, 0.25) is 10.0 Å². The number of rotatable bonds is 2. The molecule has 0 spiro atoms. The van der Waals surface area contributed by atoms with E-state index in [0.29, 0.717) is 33.6 Å². The largest absolute Gasteiger partial charge is 0.382 e. The Kier molecular flexibility index (Phi) is 4.23. The van der Waals surface area contributed by atoms with Crippen LogP contribution in [0.5, 0.6) is 0 Å². The third kappa shape index (κ3) is 2.83. The molecule has 2 rings (SSSR count). The summed E-state index contributed by atoms with van der Waals surface area (Å²) in [5.74, 6) is 2.29. The fourth-order valence-corrected chi connectivity index (χ4v) is 2.96. The Labute approximate surface area is 118 Å². The van der Waals surface area contributed by atoms with E-state index in [1.54, 1.807) is 6.07 Å². The Morgan fingerprint density at radius 3 is 2.72 bits per heavy atom. The van der Waals surface area contributed by atoms with E-state index in [9.17, 15) is 0 Å². The maximum Gasteiger partial charge on any atom is 0.147 e. The minimum absolute atomic E-state index is 0.320. The molecule has 3 unspecified atom stereocenters. The molecule has 3 N–H and O–H groups in total. The summed E-state index contributed by atoms with van der Waals surface area (Å²) in [4.78, 5) is 4.23. The standard InChI is InChI=1S/C13H19Cl2N3/c1-7-4-3-5-11(8(7)2)17-13-10(15)6-9(14)12(16)18-13/h6-8,11H,3-5H2,1-2H3,(H3,16,17,18). The van der Waals surface area contributed by atoms with Crippen LogP contribution in [0.25, 0.3) is 0 Å². The molecule has 1 aromatic rings. The van der Waals surface area contributed by atoms with Crippen molar-refractivity contribution in [1.29, 1.82) is 0 Å². The Morgan fingerprint density at radius 1 is 1.28 bits per heavy atom. The highest BCUT2D eigenvalue weighted by Gasteiger charge is 2.27. The second kappa shape index (κ2) is 5.54. The minimum atomic E-state index is 0.320. The molecule has 18 heavy (non-hydrogen) atoms. The van der Waals surface area contributed by atoms with Gasteiger partial charge in [-0.15, -0.1) is 0 Å². The average Bonchev–Trinajstić information content (AvgIpc) is 2.32. The van der Waals surface area contributed by atoms with Gasteiger partial charge in [-0.2, -0.15) is 0 Å². The molecule has 3 atom stereocenters. The molecule has 1 aromatic heterocycles. The zero-order valence-electron chi connectivity index (χ0n) is 10.7. The van der Waals surface area contributed by atoms with E-state index in [-0.39, 0.29) is 0 Å². The van der Waals surface area contributed by atoms with Crippen LogP contribution in [0.4, 0.5) is 11.6 Å². The monoisotopic (exact) mass is 287 g/mol. The summed E-state index contributed by atoms with van der Waals surface area (Å²) >= 11 is 12.0. The number of hydrogen-bond donors (Lipinski definition) is 2. The van der Waals surface area contributed by atoms with Gasteiger partial charge in [-0.3, -0.25) is 0 Å². The minimum Gasteiger partial charge on any atom is -0.382 e. The van der Waals surface area contributed by atoms with E-state index in [4.69, 9.17) is 28.9 Å². The third-order valence-corrected chi connectivity index (χ3v) is 4.58. The van der Waals surface area contributed by atoms with Crippen LogP contribution in [-0.2, 0) is 0 Å². The molecular formula is C13H19Cl2N3. The molecule has 0 aliphatic heterocycles. The van der Waals surface area contributed by atoms with Gasteiger partial charge in [-0.05, 0) is 24.3 Å². The summed E-state index contributed by atoms with van der Waals surface area (Å²) in [5, 5.41) is 4.34. The van der Waals surface area contributed by atoms with E-state index in [2.05, 4.69) is 24.1 Å². The van der Waals surface area contributed by atoms with Gasteiger partial charge < -0.3 is 11.1 Å². The molecule has 0 amide bonds. The van der Waals surface area contributed by atoms with Gasteiger partial charge in [0.25, 0.3) is 0 Å². The highest BCUT2D eigenvalue weighted by atomic mass is 35.5. The number of pyridine rings is 1. The van der Waals surface area contributed by atoms with Gasteiger partial charge in [0.2, 0.25) is 0 Å².